The van der Waals surface area contributed by atoms with Crippen molar-refractivity contribution in [3.63, 3.8) is 0 Å². The summed E-state index contributed by atoms with van der Waals surface area (Å²) in [4.78, 5) is 12.8. The molecule has 0 aliphatic heterocycles. The molecule has 3 nitrogen and oxygen atoms in total. The molecule has 1 fully saturated rings. The predicted molar refractivity (Wildman–Crippen MR) is 98.2 cm³/mol. The van der Waals surface area contributed by atoms with Crippen molar-refractivity contribution in [2.75, 3.05) is 6.61 Å². The number of hydrogen-bond donors (Lipinski definition) is 1. The van der Waals surface area contributed by atoms with Crippen LogP contribution in [0, 0.1) is 11.8 Å². The first-order chi connectivity index (χ1) is 12.3. The number of Topliss-reactive ketones (excluding diaryl/α,β-unsaturated/α-hetero) is 1. The van der Waals surface area contributed by atoms with Gasteiger partial charge in [0.25, 0.3) is 5.92 Å². The maximum absolute atomic E-state index is 13.6. The molecule has 1 saturated carbocycles. The summed E-state index contributed by atoms with van der Waals surface area (Å²) in [5, 5.41) is 9.74. The van der Waals surface area contributed by atoms with Crippen molar-refractivity contribution in [1.29, 1.82) is 0 Å². The van der Waals surface area contributed by atoms with Gasteiger partial charge in [-0.25, -0.2) is 8.78 Å². The number of halogens is 3. The fourth-order valence-electron chi connectivity index (χ4n) is 3.97. The number of fused-ring (bicyclic) bond motifs is 1. The second kappa shape index (κ2) is 7.65. The van der Waals surface area contributed by atoms with Crippen LogP contribution in [-0.4, -0.2) is 27.8 Å². The molecule has 3 rings (SSSR count). The summed E-state index contributed by atoms with van der Waals surface area (Å²) < 4.78 is 29.1. The summed E-state index contributed by atoms with van der Waals surface area (Å²) in [6.07, 6.45) is 4.06. The Balaban J connectivity index is 1.74. The van der Waals surface area contributed by atoms with Crippen LogP contribution in [0.25, 0.3) is 5.52 Å². The molecule has 142 valence electrons. The van der Waals surface area contributed by atoms with E-state index in [0.717, 1.165) is 5.69 Å². The monoisotopic (exact) mass is 383 g/mol. The largest absolute Gasteiger partial charge is 0.396 e. The predicted octanol–water partition coefficient (Wildman–Crippen LogP) is 5.16. The number of aliphatic hydroxyl groups is 1. The second-order valence-electron chi connectivity index (χ2n) is 7.36. The van der Waals surface area contributed by atoms with Crippen LogP contribution in [0.4, 0.5) is 8.78 Å². The minimum Gasteiger partial charge on any atom is -0.396 e. The van der Waals surface area contributed by atoms with Gasteiger partial charge in [-0.05, 0) is 43.4 Å². The zero-order valence-corrected chi connectivity index (χ0v) is 15.6. The third-order valence-electron chi connectivity index (χ3n) is 5.56. The van der Waals surface area contributed by atoms with Crippen LogP contribution in [0.15, 0.2) is 24.4 Å². The van der Waals surface area contributed by atoms with Gasteiger partial charge in [-0.1, -0.05) is 18.5 Å². The third kappa shape index (κ3) is 3.79. The molecule has 2 aromatic rings. The topological polar surface area (TPSA) is 41.7 Å². The average molecular weight is 384 g/mol. The maximum Gasteiger partial charge on any atom is 0.250 e. The van der Waals surface area contributed by atoms with Gasteiger partial charge in [0.2, 0.25) is 0 Å². The van der Waals surface area contributed by atoms with Crippen LogP contribution in [0.5, 0.6) is 0 Å². The summed E-state index contributed by atoms with van der Waals surface area (Å²) in [6, 6.07) is 5.33. The fourth-order valence-corrected chi connectivity index (χ4v) is 4.24. The van der Waals surface area contributed by atoms with Crippen LogP contribution >= 0.6 is 11.6 Å². The Morgan fingerprint density at radius 1 is 1.46 bits per heavy atom. The first-order valence-corrected chi connectivity index (χ1v) is 9.51. The van der Waals surface area contributed by atoms with Crippen LogP contribution in [0.3, 0.4) is 0 Å². The Morgan fingerprint density at radius 2 is 2.23 bits per heavy atom. The van der Waals surface area contributed by atoms with E-state index in [4.69, 9.17) is 11.6 Å². The highest BCUT2D eigenvalue weighted by atomic mass is 35.5. The molecule has 6 heteroatoms. The first-order valence-electron chi connectivity index (χ1n) is 9.14. The molecule has 1 aliphatic carbocycles. The highest BCUT2D eigenvalue weighted by molar-refractivity contribution is 6.35. The van der Waals surface area contributed by atoms with Crippen molar-refractivity contribution in [3.8, 4) is 0 Å². The van der Waals surface area contributed by atoms with E-state index in [1.165, 1.54) is 0 Å². The molecule has 2 heterocycles. The van der Waals surface area contributed by atoms with E-state index in [-0.39, 0.29) is 24.7 Å². The number of hydrogen-bond acceptors (Lipinski definition) is 2. The van der Waals surface area contributed by atoms with Crippen LogP contribution in [-0.2, 0) is 6.42 Å². The Hall–Kier alpha value is -1.46. The standard InChI is InChI=1S/C20H24ClF2NO2/c1-13-11-14(6-8-20(13,22)23)4-5-18(26)16-12-15(7-10-25)24-9-2-3-17(21)19(16)24/h2-3,9,12-14,25H,4-8,10-11H2,1H3. The molecule has 1 N–H and O–H groups in total. The molecular formula is C20H24ClF2NO2. The Bertz CT molecular complexity index is 802. The minimum atomic E-state index is -2.58. The molecule has 26 heavy (non-hydrogen) atoms. The van der Waals surface area contributed by atoms with Gasteiger partial charge in [0.15, 0.2) is 5.78 Å². The molecule has 0 amide bonds. The summed E-state index contributed by atoms with van der Waals surface area (Å²) >= 11 is 6.30. The lowest BCUT2D eigenvalue weighted by Crippen LogP contribution is -2.33. The third-order valence-corrected chi connectivity index (χ3v) is 5.87. The number of aromatic nitrogens is 1. The van der Waals surface area contributed by atoms with Crippen LogP contribution in [0.2, 0.25) is 5.02 Å². The fraction of sp³-hybridized carbons (Fsp3) is 0.550. The van der Waals surface area contributed by atoms with E-state index < -0.39 is 11.8 Å². The minimum absolute atomic E-state index is 0.0135. The quantitative estimate of drug-likeness (QED) is 0.700. The van der Waals surface area contributed by atoms with Gasteiger partial charge in [-0.3, -0.25) is 4.79 Å². The molecule has 0 bridgehead atoms. The Kier molecular flexibility index (Phi) is 5.68. The average Bonchev–Trinajstić information content (AvgIpc) is 2.96. The lowest BCUT2D eigenvalue weighted by molar-refractivity contribution is -0.0913. The van der Waals surface area contributed by atoms with Gasteiger partial charge in [0.1, 0.15) is 0 Å². The smallest absolute Gasteiger partial charge is 0.250 e. The number of rotatable bonds is 6. The zero-order chi connectivity index (χ0) is 18.9. The summed E-state index contributed by atoms with van der Waals surface area (Å²) in [5.41, 5.74) is 2.04. The maximum atomic E-state index is 13.6. The molecule has 0 radical (unpaired) electrons. The highest BCUT2D eigenvalue weighted by Gasteiger charge is 2.41. The molecule has 0 saturated heterocycles. The van der Waals surface area contributed by atoms with E-state index in [1.807, 2.05) is 10.6 Å². The Labute approximate surface area is 157 Å². The van der Waals surface area contributed by atoms with Crippen molar-refractivity contribution < 1.29 is 18.7 Å². The lowest BCUT2D eigenvalue weighted by Gasteiger charge is -2.33. The number of alkyl halides is 2. The van der Waals surface area contributed by atoms with E-state index in [9.17, 15) is 18.7 Å². The van der Waals surface area contributed by atoms with Gasteiger partial charge in [0.05, 0.1) is 10.5 Å². The summed E-state index contributed by atoms with van der Waals surface area (Å²) in [7, 11) is 0. The van der Waals surface area contributed by atoms with E-state index in [2.05, 4.69) is 0 Å². The van der Waals surface area contributed by atoms with Gasteiger partial charge in [0, 0.05) is 49.2 Å². The van der Waals surface area contributed by atoms with Crippen molar-refractivity contribution >= 4 is 22.9 Å². The second-order valence-corrected chi connectivity index (χ2v) is 7.77. The molecule has 2 unspecified atom stereocenters. The van der Waals surface area contributed by atoms with Crippen molar-refractivity contribution in [1.82, 2.24) is 4.40 Å². The first kappa shape index (κ1) is 19.3. The number of carbonyl (C=O) groups excluding carboxylic acids is 1. The summed E-state index contributed by atoms with van der Waals surface area (Å²) in [5.74, 6) is -3.07. The van der Waals surface area contributed by atoms with Crippen molar-refractivity contribution in [2.45, 2.75) is 51.4 Å². The number of ketones is 1. The number of carbonyl (C=O) groups is 1. The van der Waals surface area contributed by atoms with Crippen molar-refractivity contribution in [3.05, 3.63) is 40.7 Å². The van der Waals surface area contributed by atoms with Crippen molar-refractivity contribution in [2.24, 2.45) is 11.8 Å². The zero-order valence-electron chi connectivity index (χ0n) is 14.9. The SMILES string of the molecule is CC1CC(CCC(=O)c2cc(CCO)n3cccc(Cl)c23)CCC1(F)F. The van der Waals surface area contributed by atoms with Gasteiger partial charge >= 0.3 is 0 Å². The number of nitrogens with zero attached hydrogens (tertiary/aromatic N) is 1. The number of pyridine rings is 1. The van der Waals surface area contributed by atoms with Gasteiger partial charge in [-0.15, -0.1) is 0 Å². The van der Waals surface area contributed by atoms with E-state index in [1.54, 1.807) is 25.1 Å². The van der Waals surface area contributed by atoms with E-state index >= 15 is 0 Å². The molecule has 0 spiro atoms. The lowest BCUT2D eigenvalue weighted by atomic mass is 9.77. The molecular weight excluding hydrogens is 360 g/mol. The van der Waals surface area contributed by atoms with E-state index in [0.29, 0.717) is 48.2 Å². The van der Waals surface area contributed by atoms with Gasteiger partial charge in [-0.2, -0.15) is 0 Å². The van der Waals surface area contributed by atoms with Gasteiger partial charge < -0.3 is 9.51 Å². The molecule has 2 atom stereocenters. The highest BCUT2D eigenvalue weighted by Crippen LogP contribution is 2.42. The number of aliphatic hydroxyl groups excluding tert-OH is 1. The van der Waals surface area contributed by atoms with Crippen LogP contribution in [0.1, 0.15) is 55.1 Å². The summed E-state index contributed by atoms with van der Waals surface area (Å²) in [6.45, 7) is 1.58. The normalized spacial score (nSPS) is 22.7. The Morgan fingerprint density at radius 3 is 2.92 bits per heavy atom. The molecule has 2 aromatic heterocycles. The molecule has 0 aromatic carbocycles. The molecule has 1 aliphatic rings. The van der Waals surface area contributed by atoms with Crippen LogP contribution < -0.4 is 0 Å².